The number of hydrogen-bond donors (Lipinski definition) is 0. The van der Waals surface area contributed by atoms with Gasteiger partial charge in [0.15, 0.2) is 5.82 Å². The molecule has 1 amide bonds. The average molecular weight is 427 g/mol. The van der Waals surface area contributed by atoms with Gasteiger partial charge in [0.1, 0.15) is 5.60 Å². The Kier molecular flexibility index (Phi) is 5.62. The number of rotatable bonds is 3. The highest BCUT2D eigenvalue weighted by molar-refractivity contribution is 9.10. The number of anilines is 2. The number of methoxy groups -OCH3 is 1. The average Bonchev–Trinajstić information content (AvgIpc) is 2.53. The van der Waals surface area contributed by atoms with Gasteiger partial charge in [-0.1, -0.05) is 0 Å². The molecule has 0 N–H and O–H groups in total. The van der Waals surface area contributed by atoms with Gasteiger partial charge in [0.2, 0.25) is 0 Å². The summed E-state index contributed by atoms with van der Waals surface area (Å²) >= 11 is 3.52. The minimum Gasteiger partial charge on any atom is -0.444 e. The predicted octanol–water partition coefficient (Wildman–Crippen LogP) is 2.74. The van der Waals surface area contributed by atoms with Crippen LogP contribution in [0.1, 0.15) is 20.8 Å². The van der Waals surface area contributed by atoms with Crippen LogP contribution in [-0.4, -0.2) is 74.1 Å². The van der Waals surface area contributed by atoms with E-state index < -0.39 is 5.60 Å². The Morgan fingerprint density at radius 3 is 2.42 bits per heavy atom. The van der Waals surface area contributed by atoms with Gasteiger partial charge in [0.25, 0.3) is 0 Å². The second-order valence-corrected chi connectivity index (χ2v) is 8.63. The highest BCUT2D eigenvalue weighted by Crippen LogP contribution is 2.34. The number of halogens is 1. The lowest BCUT2D eigenvalue weighted by atomic mass is 10.1. The largest absolute Gasteiger partial charge is 0.444 e. The lowest BCUT2D eigenvalue weighted by Crippen LogP contribution is -2.53. The summed E-state index contributed by atoms with van der Waals surface area (Å²) in [5, 5.41) is 0. The maximum Gasteiger partial charge on any atom is 0.410 e. The van der Waals surface area contributed by atoms with Crippen LogP contribution < -0.4 is 9.80 Å². The standard InChI is InChI=1S/C18H27BrN4O3/c1-18(2,3)26-17(24)22-7-5-21(6-8-22)16-15(9-13(19)10-20-16)23-11-14(12-23)25-4/h9-10,14H,5-8,11-12H2,1-4H3. The van der Waals surface area contributed by atoms with Crippen LogP contribution in [0.2, 0.25) is 0 Å². The number of aromatic nitrogens is 1. The van der Waals surface area contributed by atoms with Crippen molar-refractivity contribution in [3.05, 3.63) is 16.7 Å². The van der Waals surface area contributed by atoms with Crippen molar-refractivity contribution in [2.24, 2.45) is 0 Å². The summed E-state index contributed by atoms with van der Waals surface area (Å²) in [6.07, 6.45) is 1.87. The molecule has 2 aliphatic heterocycles. The Morgan fingerprint density at radius 2 is 1.85 bits per heavy atom. The van der Waals surface area contributed by atoms with E-state index in [4.69, 9.17) is 9.47 Å². The molecule has 2 aliphatic rings. The Labute approximate surface area is 163 Å². The van der Waals surface area contributed by atoms with E-state index >= 15 is 0 Å². The molecule has 7 nitrogen and oxygen atoms in total. The molecule has 1 aromatic heterocycles. The van der Waals surface area contributed by atoms with Crippen LogP contribution >= 0.6 is 15.9 Å². The minimum absolute atomic E-state index is 0.244. The Morgan fingerprint density at radius 1 is 1.19 bits per heavy atom. The first kappa shape index (κ1) is 19.2. The summed E-state index contributed by atoms with van der Waals surface area (Å²) in [7, 11) is 1.75. The normalized spacial score (nSPS) is 18.7. The molecule has 0 aliphatic carbocycles. The summed E-state index contributed by atoms with van der Waals surface area (Å²) in [5.74, 6) is 0.964. The van der Waals surface area contributed by atoms with Crippen molar-refractivity contribution in [1.29, 1.82) is 0 Å². The maximum absolute atomic E-state index is 12.2. The molecule has 0 radical (unpaired) electrons. The van der Waals surface area contributed by atoms with Gasteiger partial charge in [0, 0.05) is 57.0 Å². The van der Waals surface area contributed by atoms with E-state index in [1.54, 1.807) is 12.0 Å². The summed E-state index contributed by atoms with van der Waals surface area (Å²) in [6.45, 7) is 10.2. The Hall–Kier alpha value is -1.54. The number of amides is 1. The van der Waals surface area contributed by atoms with E-state index in [1.807, 2.05) is 27.0 Å². The van der Waals surface area contributed by atoms with Gasteiger partial charge in [-0.05, 0) is 42.8 Å². The molecule has 3 rings (SSSR count). The highest BCUT2D eigenvalue weighted by atomic mass is 79.9. The Bertz CT molecular complexity index is 650. The molecule has 2 fully saturated rings. The number of pyridine rings is 1. The van der Waals surface area contributed by atoms with Crippen molar-refractivity contribution in [2.75, 3.05) is 56.2 Å². The van der Waals surface area contributed by atoms with Crippen molar-refractivity contribution in [2.45, 2.75) is 32.5 Å². The van der Waals surface area contributed by atoms with E-state index in [-0.39, 0.29) is 12.2 Å². The zero-order chi connectivity index (χ0) is 18.9. The van der Waals surface area contributed by atoms with Crippen molar-refractivity contribution >= 4 is 33.5 Å². The fourth-order valence-corrected chi connectivity index (χ4v) is 3.43. The van der Waals surface area contributed by atoms with E-state index in [0.29, 0.717) is 13.1 Å². The molecule has 0 saturated carbocycles. The first-order chi connectivity index (χ1) is 12.3. The highest BCUT2D eigenvalue weighted by Gasteiger charge is 2.32. The third-order valence-electron chi connectivity index (χ3n) is 4.57. The molecule has 144 valence electrons. The third kappa shape index (κ3) is 4.40. The predicted molar refractivity (Wildman–Crippen MR) is 105 cm³/mol. The number of carbonyl (C=O) groups excluding carboxylic acids is 1. The monoisotopic (exact) mass is 426 g/mol. The molecule has 26 heavy (non-hydrogen) atoms. The number of nitrogens with zero attached hydrogens (tertiary/aromatic N) is 4. The second kappa shape index (κ2) is 7.60. The van der Waals surface area contributed by atoms with Crippen molar-refractivity contribution in [1.82, 2.24) is 9.88 Å². The summed E-state index contributed by atoms with van der Waals surface area (Å²) in [5.41, 5.74) is 0.641. The van der Waals surface area contributed by atoms with Crippen LogP contribution in [0.3, 0.4) is 0 Å². The summed E-state index contributed by atoms with van der Waals surface area (Å²) < 4.78 is 11.8. The third-order valence-corrected chi connectivity index (χ3v) is 5.00. The fourth-order valence-electron chi connectivity index (χ4n) is 3.11. The first-order valence-electron chi connectivity index (χ1n) is 8.93. The molecule has 2 saturated heterocycles. The molecule has 0 spiro atoms. The fraction of sp³-hybridized carbons (Fsp3) is 0.667. The minimum atomic E-state index is -0.468. The molecule has 3 heterocycles. The van der Waals surface area contributed by atoms with Gasteiger partial charge in [-0.25, -0.2) is 9.78 Å². The van der Waals surface area contributed by atoms with Gasteiger partial charge in [-0.15, -0.1) is 0 Å². The summed E-state index contributed by atoms with van der Waals surface area (Å²) in [4.78, 5) is 23.2. The van der Waals surface area contributed by atoms with Gasteiger partial charge >= 0.3 is 6.09 Å². The SMILES string of the molecule is COC1CN(c2cc(Br)cnc2N2CCN(C(=O)OC(C)(C)C)CC2)C1. The van der Waals surface area contributed by atoms with Crippen LogP contribution in [0.15, 0.2) is 16.7 Å². The van der Waals surface area contributed by atoms with E-state index in [1.165, 1.54) is 0 Å². The molecule has 0 bridgehead atoms. The van der Waals surface area contributed by atoms with Crippen LogP contribution in [0.4, 0.5) is 16.3 Å². The molecule has 0 aromatic carbocycles. The quantitative estimate of drug-likeness (QED) is 0.740. The van der Waals surface area contributed by atoms with Gasteiger partial charge < -0.3 is 24.2 Å². The smallest absolute Gasteiger partial charge is 0.410 e. The van der Waals surface area contributed by atoms with Gasteiger partial charge in [-0.2, -0.15) is 0 Å². The van der Waals surface area contributed by atoms with E-state index in [2.05, 4.69) is 36.8 Å². The molecule has 0 unspecified atom stereocenters. The van der Waals surface area contributed by atoms with Crippen molar-refractivity contribution in [3.63, 3.8) is 0 Å². The molecular formula is C18H27BrN4O3. The lowest BCUT2D eigenvalue weighted by Gasteiger charge is -2.43. The zero-order valence-corrected chi connectivity index (χ0v) is 17.5. The second-order valence-electron chi connectivity index (χ2n) is 7.71. The van der Waals surface area contributed by atoms with Gasteiger partial charge in [-0.3, -0.25) is 0 Å². The lowest BCUT2D eigenvalue weighted by molar-refractivity contribution is 0.0240. The number of piperazine rings is 1. The topological polar surface area (TPSA) is 58.1 Å². The molecular weight excluding hydrogens is 400 g/mol. The van der Waals surface area contributed by atoms with Crippen molar-refractivity contribution < 1.29 is 14.3 Å². The molecule has 1 aromatic rings. The molecule has 0 atom stereocenters. The van der Waals surface area contributed by atoms with Crippen LogP contribution in [0.25, 0.3) is 0 Å². The summed E-state index contributed by atoms with van der Waals surface area (Å²) in [6, 6.07) is 2.11. The van der Waals surface area contributed by atoms with E-state index in [9.17, 15) is 4.79 Å². The van der Waals surface area contributed by atoms with Gasteiger partial charge in [0.05, 0.1) is 11.8 Å². The van der Waals surface area contributed by atoms with Crippen LogP contribution in [-0.2, 0) is 9.47 Å². The first-order valence-corrected chi connectivity index (χ1v) is 9.72. The van der Waals surface area contributed by atoms with Crippen molar-refractivity contribution in [3.8, 4) is 0 Å². The number of carbonyl (C=O) groups is 1. The Balaban J connectivity index is 1.65. The van der Waals surface area contributed by atoms with Crippen LogP contribution in [0.5, 0.6) is 0 Å². The maximum atomic E-state index is 12.2. The zero-order valence-electron chi connectivity index (χ0n) is 15.9. The molecule has 8 heteroatoms. The van der Waals surface area contributed by atoms with Crippen LogP contribution in [0, 0.1) is 0 Å². The number of hydrogen-bond acceptors (Lipinski definition) is 6. The number of ether oxygens (including phenoxy) is 2. The van der Waals surface area contributed by atoms with E-state index in [0.717, 1.165) is 42.2 Å².